The number of ether oxygens (including phenoxy) is 4. The van der Waals surface area contributed by atoms with E-state index in [2.05, 4.69) is 5.32 Å². The molecular weight excluding hydrogens is 542 g/mol. The first-order chi connectivity index (χ1) is 20.6. The minimum Gasteiger partial charge on any atom is -0.394 e. The molecule has 1 amide bonds. The standard InChI is InChI=1S/C22H43N5O13/c23-2-1-8(29)20(36)27-7-3-6(25)18(39-22-16(34)15(33)13(31)9(4-24)37-22)17(35)19(7)40-21-14(32)11(26)12(30)10(5-28)38-21/h6-19,21-22,28-35H,1-5,23-26H2,(H,27,36)/t6-,7+,8?,9+,10+,11-,12+,13+,14+,15-,16+,17-,18+,19-,21+,22+/m0/s1/i1D2,2D2,8D. The molecule has 0 aromatic rings. The molecule has 18 heteroatoms. The van der Waals surface area contributed by atoms with Crippen LogP contribution in [0.25, 0.3) is 0 Å². The Kier molecular flexibility index (Phi) is 9.48. The molecule has 2 aliphatic heterocycles. The summed E-state index contributed by atoms with van der Waals surface area (Å²) in [6, 6.07) is -4.34. The maximum Gasteiger partial charge on any atom is 0.249 e. The fourth-order valence-electron chi connectivity index (χ4n) is 4.86. The Hall–Kier alpha value is -1.17. The smallest absolute Gasteiger partial charge is 0.249 e. The normalized spacial score (nSPS) is 50.4. The second-order valence-corrected chi connectivity index (χ2v) is 9.82. The lowest BCUT2D eigenvalue weighted by Gasteiger charge is -2.49. The Balaban J connectivity index is 1.94. The lowest BCUT2D eigenvalue weighted by atomic mass is 9.83. The van der Waals surface area contributed by atoms with E-state index in [-0.39, 0.29) is 6.54 Å². The van der Waals surface area contributed by atoms with Crippen molar-refractivity contribution in [2.24, 2.45) is 22.9 Å². The molecule has 2 heterocycles. The third kappa shape index (κ3) is 7.06. The van der Waals surface area contributed by atoms with Gasteiger partial charge in [-0.25, -0.2) is 0 Å². The molecule has 0 aromatic heterocycles. The number of aliphatic hydroxyl groups is 8. The van der Waals surface area contributed by atoms with Gasteiger partial charge in [0.1, 0.15) is 67.1 Å². The quantitative estimate of drug-likeness (QED) is 0.112. The van der Waals surface area contributed by atoms with Crippen LogP contribution in [0.3, 0.4) is 0 Å². The van der Waals surface area contributed by atoms with Gasteiger partial charge in [-0.2, -0.15) is 0 Å². The molecule has 0 radical (unpaired) electrons. The molecule has 40 heavy (non-hydrogen) atoms. The number of amides is 1. The Morgan fingerprint density at radius 1 is 0.925 bits per heavy atom. The zero-order valence-electron chi connectivity index (χ0n) is 26.2. The second-order valence-electron chi connectivity index (χ2n) is 9.82. The van der Waals surface area contributed by atoms with Gasteiger partial charge in [-0.1, -0.05) is 0 Å². The van der Waals surface area contributed by atoms with Crippen molar-refractivity contribution < 1.29 is 71.4 Å². The summed E-state index contributed by atoms with van der Waals surface area (Å²) in [5.74, 6) is -1.83. The van der Waals surface area contributed by atoms with Gasteiger partial charge in [-0.05, 0) is 19.3 Å². The fraction of sp³-hybridized carbons (Fsp3) is 0.955. The summed E-state index contributed by atoms with van der Waals surface area (Å²) in [5, 5.41) is 85.0. The summed E-state index contributed by atoms with van der Waals surface area (Å²) in [5.41, 5.74) is 22.7. The number of nitrogens with two attached hydrogens (primary N) is 4. The van der Waals surface area contributed by atoms with Crippen LogP contribution >= 0.6 is 0 Å². The highest BCUT2D eigenvalue weighted by molar-refractivity contribution is 5.80. The Morgan fingerprint density at radius 2 is 1.52 bits per heavy atom. The first-order valence-electron chi connectivity index (χ1n) is 15.0. The SMILES string of the molecule is [2H]C([2H])(N)C([2H])([2H])C([2H])(O)C(=O)N[C@@H]1C[C@H](N)[C@@H](O[C@H]2O[C@H](CN)[C@@H](O)[C@H](O)[C@H]2O)[C@H](O)[C@H]1O[C@H]1O[C@H](CO)[C@@H](O)[C@H](N)[C@H]1O. The van der Waals surface area contributed by atoms with Crippen molar-refractivity contribution in [3.63, 3.8) is 0 Å². The zero-order chi connectivity index (χ0) is 34.4. The van der Waals surface area contributed by atoms with Crippen molar-refractivity contribution >= 4 is 5.91 Å². The lowest BCUT2D eigenvalue weighted by Crippen LogP contribution is -2.69. The largest absolute Gasteiger partial charge is 0.394 e. The Labute approximate surface area is 236 Å². The highest BCUT2D eigenvalue weighted by Crippen LogP contribution is 2.32. The number of carbonyl (C=O) groups is 1. The van der Waals surface area contributed by atoms with Crippen LogP contribution in [0, 0.1) is 0 Å². The second kappa shape index (κ2) is 14.3. The van der Waals surface area contributed by atoms with Gasteiger partial charge < -0.3 is 88.1 Å². The molecule has 0 spiro atoms. The van der Waals surface area contributed by atoms with Gasteiger partial charge >= 0.3 is 0 Å². The van der Waals surface area contributed by atoms with Crippen LogP contribution in [0.2, 0.25) is 0 Å². The number of nitrogens with one attached hydrogen (secondary N) is 1. The average Bonchev–Trinajstić information content (AvgIpc) is 2.96. The zero-order valence-corrected chi connectivity index (χ0v) is 21.2. The number of rotatable bonds is 10. The number of hydrogen-bond acceptors (Lipinski definition) is 17. The van der Waals surface area contributed by atoms with Crippen molar-refractivity contribution in [3.8, 4) is 0 Å². The van der Waals surface area contributed by atoms with Gasteiger partial charge in [0.05, 0.1) is 20.1 Å². The molecule has 3 fully saturated rings. The van der Waals surface area contributed by atoms with Gasteiger partial charge in [-0.15, -0.1) is 0 Å². The first-order valence-corrected chi connectivity index (χ1v) is 12.5. The highest BCUT2D eigenvalue weighted by Gasteiger charge is 2.52. The molecule has 2 saturated heterocycles. The van der Waals surface area contributed by atoms with E-state index in [1.165, 1.54) is 0 Å². The van der Waals surface area contributed by atoms with E-state index in [0.29, 0.717) is 0 Å². The monoisotopic (exact) mass is 590 g/mol. The molecule has 17 N–H and O–H groups in total. The van der Waals surface area contributed by atoms with Crippen LogP contribution in [0.4, 0.5) is 0 Å². The van der Waals surface area contributed by atoms with Crippen molar-refractivity contribution in [1.29, 1.82) is 0 Å². The molecule has 3 aliphatic rings. The molecule has 234 valence electrons. The van der Waals surface area contributed by atoms with E-state index in [0.717, 1.165) is 0 Å². The molecule has 1 saturated carbocycles. The highest BCUT2D eigenvalue weighted by atomic mass is 16.7. The maximum absolute atomic E-state index is 13.0. The van der Waals surface area contributed by atoms with Crippen molar-refractivity contribution in [1.82, 2.24) is 5.32 Å². The van der Waals surface area contributed by atoms with Gasteiger partial charge in [-0.3, -0.25) is 4.79 Å². The average molecular weight is 591 g/mol. The molecule has 1 unspecified atom stereocenters. The predicted octanol–water partition coefficient (Wildman–Crippen LogP) is -8.42. The number of carbonyl (C=O) groups excluding carboxylic acids is 1. The molecule has 1 aliphatic carbocycles. The van der Waals surface area contributed by atoms with Gasteiger partial charge in [0.15, 0.2) is 12.6 Å². The summed E-state index contributed by atoms with van der Waals surface area (Å²) in [7, 11) is 0. The molecule has 0 bridgehead atoms. The molecule has 16 atom stereocenters. The Morgan fingerprint density at radius 3 is 2.12 bits per heavy atom. The van der Waals surface area contributed by atoms with E-state index >= 15 is 0 Å². The summed E-state index contributed by atoms with van der Waals surface area (Å²) in [6.45, 7) is -4.50. The summed E-state index contributed by atoms with van der Waals surface area (Å²) in [6.07, 6.45) is -28.2. The van der Waals surface area contributed by atoms with Crippen molar-refractivity contribution in [2.45, 2.75) is 111 Å². The fourth-order valence-corrected chi connectivity index (χ4v) is 4.86. The van der Waals surface area contributed by atoms with Crippen LogP contribution < -0.4 is 28.3 Å². The molecule has 0 aromatic carbocycles. The minimum absolute atomic E-state index is 0.316. The van der Waals surface area contributed by atoms with Crippen LogP contribution in [0.1, 0.15) is 19.6 Å². The van der Waals surface area contributed by atoms with Crippen LogP contribution in [-0.4, -0.2) is 164 Å². The number of hydrogen-bond donors (Lipinski definition) is 13. The lowest BCUT2D eigenvalue weighted by molar-refractivity contribution is -0.332. The number of aliphatic hydroxyl groups excluding tert-OH is 7. The van der Waals surface area contributed by atoms with Crippen LogP contribution in [0.5, 0.6) is 0 Å². The summed E-state index contributed by atoms with van der Waals surface area (Å²) >= 11 is 0. The molecule has 3 rings (SSSR count). The van der Waals surface area contributed by atoms with Crippen molar-refractivity contribution in [2.75, 3.05) is 19.6 Å². The van der Waals surface area contributed by atoms with Gasteiger partial charge in [0.25, 0.3) is 0 Å². The van der Waals surface area contributed by atoms with Crippen LogP contribution in [-0.2, 0) is 23.7 Å². The topological polar surface area (TPSA) is 332 Å². The first kappa shape index (κ1) is 26.5. The molecular formula is C22H43N5O13. The predicted molar refractivity (Wildman–Crippen MR) is 131 cm³/mol. The van der Waals surface area contributed by atoms with E-state index in [9.17, 15) is 45.6 Å². The van der Waals surface area contributed by atoms with E-state index in [1.54, 1.807) is 0 Å². The Bertz CT molecular complexity index is 1020. The van der Waals surface area contributed by atoms with E-state index in [1.807, 2.05) is 0 Å². The van der Waals surface area contributed by atoms with E-state index < -0.39 is 130 Å². The summed E-state index contributed by atoms with van der Waals surface area (Å²) in [4.78, 5) is 13.0. The maximum atomic E-state index is 13.0. The summed E-state index contributed by atoms with van der Waals surface area (Å²) < 4.78 is 60.6. The third-order valence-electron chi connectivity index (χ3n) is 7.16. The van der Waals surface area contributed by atoms with Gasteiger partial charge in [0, 0.05) is 18.1 Å². The minimum atomic E-state index is -3.86. The third-order valence-corrected chi connectivity index (χ3v) is 7.16. The van der Waals surface area contributed by atoms with E-state index in [4.69, 9.17) is 48.7 Å². The van der Waals surface area contributed by atoms with Gasteiger partial charge in [0.2, 0.25) is 5.91 Å². The van der Waals surface area contributed by atoms with Crippen molar-refractivity contribution in [3.05, 3.63) is 0 Å². The molecule has 18 nitrogen and oxygen atoms in total. The van der Waals surface area contributed by atoms with Crippen LogP contribution in [0.15, 0.2) is 0 Å².